The Labute approximate surface area is 141 Å². The summed E-state index contributed by atoms with van der Waals surface area (Å²) in [6.45, 7) is 5.92. The standard InChI is InChI=1S/C17H23ClN2O3/c1-10-6-4-8-14(11(10)2)20-16(21)12(3)23-17(22)13-7-5-9-19-15(13)18/h5,7,9-12,14H,4,6,8H2,1-3H3,(H,20,21)/t10-,11+,12+,14+/m0/s1. The predicted octanol–water partition coefficient (Wildman–Crippen LogP) is 3.22. The zero-order valence-corrected chi connectivity index (χ0v) is 14.5. The number of hydrogen-bond acceptors (Lipinski definition) is 4. The smallest absolute Gasteiger partial charge is 0.342 e. The number of aromatic nitrogens is 1. The third-order valence-corrected chi connectivity index (χ3v) is 4.97. The summed E-state index contributed by atoms with van der Waals surface area (Å²) in [6.07, 6.45) is 3.88. The van der Waals surface area contributed by atoms with Gasteiger partial charge in [0, 0.05) is 12.2 Å². The molecule has 0 aliphatic heterocycles. The molecule has 4 atom stereocenters. The lowest BCUT2D eigenvalue weighted by atomic mass is 9.78. The summed E-state index contributed by atoms with van der Waals surface area (Å²) in [5.41, 5.74) is 0.161. The first-order valence-electron chi connectivity index (χ1n) is 8.02. The summed E-state index contributed by atoms with van der Waals surface area (Å²) >= 11 is 5.86. The van der Waals surface area contributed by atoms with Crippen molar-refractivity contribution in [1.29, 1.82) is 0 Å². The summed E-state index contributed by atoms with van der Waals surface area (Å²) in [5.74, 6) is 0.0876. The van der Waals surface area contributed by atoms with Gasteiger partial charge in [0.15, 0.2) is 6.10 Å². The molecule has 1 aliphatic rings. The van der Waals surface area contributed by atoms with Gasteiger partial charge in [0.25, 0.3) is 5.91 Å². The fourth-order valence-corrected chi connectivity index (χ4v) is 3.10. The molecular weight excluding hydrogens is 316 g/mol. The van der Waals surface area contributed by atoms with E-state index >= 15 is 0 Å². The molecule has 0 spiro atoms. The predicted molar refractivity (Wildman–Crippen MR) is 88.2 cm³/mol. The Hall–Kier alpha value is -1.62. The summed E-state index contributed by atoms with van der Waals surface area (Å²) in [6, 6.07) is 3.25. The second-order valence-electron chi connectivity index (χ2n) is 6.27. The minimum atomic E-state index is -0.872. The maximum Gasteiger partial charge on any atom is 0.342 e. The number of hydrogen-bond donors (Lipinski definition) is 1. The van der Waals surface area contributed by atoms with E-state index in [4.69, 9.17) is 16.3 Å². The van der Waals surface area contributed by atoms with E-state index in [-0.39, 0.29) is 22.7 Å². The number of nitrogens with one attached hydrogen (secondary N) is 1. The average molecular weight is 339 g/mol. The Kier molecular flexibility index (Phi) is 5.99. The zero-order valence-electron chi connectivity index (χ0n) is 13.7. The van der Waals surface area contributed by atoms with Crippen LogP contribution in [0.1, 0.15) is 50.4 Å². The number of halogens is 1. The van der Waals surface area contributed by atoms with Crippen LogP contribution >= 0.6 is 11.6 Å². The molecule has 1 fully saturated rings. The Morgan fingerprint density at radius 1 is 1.39 bits per heavy atom. The molecule has 0 saturated heterocycles. The van der Waals surface area contributed by atoms with Gasteiger partial charge in [-0.15, -0.1) is 0 Å². The molecule has 5 nitrogen and oxygen atoms in total. The molecule has 1 heterocycles. The molecule has 1 aromatic heterocycles. The van der Waals surface area contributed by atoms with Crippen LogP contribution in [0.2, 0.25) is 5.15 Å². The molecule has 0 aromatic carbocycles. The normalized spacial score (nSPS) is 25.5. The van der Waals surface area contributed by atoms with Crippen molar-refractivity contribution in [1.82, 2.24) is 10.3 Å². The van der Waals surface area contributed by atoms with E-state index in [1.54, 1.807) is 13.0 Å². The van der Waals surface area contributed by atoms with Crippen molar-refractivity contribution in [2.45, 2.75) is 52.2 Å². The summed E-state index contributed by atoms with van der Waals surface area (Å²) in [7, 11) is 0. The van der Waals surface area contributed by atoms with Gasteiger partial charge >= 0.3 is 5.97 Å². The Balaban J connectivity index is 1.92. The van der Waals surface area contributed by atoms with Crippen molar-refractivity contribution in [3.8, 4) is 0 Å². The molecule has 2 rings (SSSR count). The Morgan fingerprint density at radius 2 is 2.13 bits per heavy atom. The van der Waals surface area contributed by atoms with Crippen LogP contribution in [0, 0.1) is 11.8 Å². The number of esters is 1. The fourth-order valence-electron chi connectivity index (χ4n) is 2.90. The van der Waals surface area contributed by atoms with E-state index in [1.165, 1.54) is 18.7 Å². The highest BCUT2D eigenvalue weighted by Crippen LogP contribution is 2.29. The fraction of sp³-hybridized carbons (Fsp3) is 0.588. The van der Waals surface area contributed by atoms with E-state index in [9.17, 15) is 9.59 Å². The third-order valence-electron chi connectivity index (χ3n) is 4.67. The van der Waals surface area contributed by atoms with Crippen LogP contribution in [0.25, 0.3) is 0 Å². The van der Waals surface area contributed by atoms with Crippen molar-refractivity contribution in [3.05, 3.63) is 29.0 Å². The summed E-state index contributed by atoms with van der Waals surface area (Å²) < 4.78 is 5.21. The summed E-state index contributed by atoms with van der Waals surface area (Å²) in [5, 5.41) is 3.07. The van der Waals surface area contributed by atoms with Crippen molar-refractivity contribution in [2.24, 2.45) is 11.8 Å². The van der Waals surface area contributed by atoms with Gasteiger partial charge in [0.2, 0.25) is 0 Å². The van der Waals surface area contributed by atoms with Crippen molar-refractivity contribution in [2.75, 3.05) is 0 Å². The zero-order chi connectivity index (χ0) is 17.0. The van der Waals surface area contributed by atoms with Crippen LogP contribution in [0.15, 0.2) is 18.3 Å². The van der Waals surface area contributed by atoms with Crippen molar-refractivity contribution >= 4 is 23.5 Å². The molecule has 6 heteroatoms. The number of rotatable bonds is 4. The van der Waals surface area contributed by atoms with E-state index in [0.717, 1.165) is 12.8 Å². The van der Waals surface area contributed by atoms with Gasteiger partial charge in [-0.25, -0.2) is 9.78 Å². The van der Waals surface area contributed by atoms with Gasteiger partial charge in [0.1, 0.15) is 5.15 Å². The highest BCUT2D eigenvalue weighted by atomic mass is 35.5. The SMILES string of the molecule is C[C@@H]1[C@@H](C)CCC[C@H]1NC(=O)[C@@H](C)OC(=O)c1cccnc1Cl. The minimum absolute atomic E-state index is 0.0693. The van der Waals surface area contributed by atoms with E-state index in [1.807, 2.05) is 0 Å². The van der Waals surface area contributed by atoms with Gasteiger partial charge in [-0.3, -0.25) is 4.79 Å². The van der Waals surface area contributed by atoms with E-state index in [0.29, 0.717) is 11.8 Å². The van der Waals surface area contributed by atoms with E-state index < -0.39 is 12.1 Å². The monoisotopic (exact) mass is 338 g/mol. The van der Waals surface area contributed by atoms with Gasteiger partial charge in [-0.1, -0.05) is 38.3 Å². The van der Waals surface area contributed by atoms with Crippen LogP contribution in [-0.4, -0.2) is 29.0 Å². The number of amides is 1. The molecule has 0 bridgehead atoms. The number of carbonyl (C=O) groups excluding carboxylic acids is 2. The molecule has 0 unspecified atom stereocenters. The second-order valence-corrected chi connectivity index (χ2v) is 6.63. The maximum absolute atomic E-state index is 12.3. The lowest BCUT2D eigenvalue weighted by Crippen LogP contribution is -2.47. The first kappa shape index (κ1) is 17.7. The molecule has 0 radical (unpaired) electrons. The van der Waals surface area contributed by atoms with Crippen LogP contribution in [-0.2, 0) is 9.53 Å². The van der Waals surface area contributed by atoms with Gasteiger partial charge in [-0.2, -0.15) is 0 Å². The van der Waals surface area contributed by atoms with Gasteiger partial charge < -0.3 is 10.1 Å². The average Bonchev–Trinajstić information content (AvgIpc) is 2.52. The van der Waals surface area contributed by atoms with Crippen molar-refractivity contribution in [3.63, 3.8) is 0 Å². The van der Waals surface area contributed by atoms with Crippen LogP contribution in [0.5, 0.6) is 0 Å². The van der Waals surface area contributed by atoms with Gasteiger partial charge in [0.05, 0.1) is 5.56 Å². The Morgan fingerprint density at radius 3 is 2.83 bits per heavy atom. The molecule has 1 saturated carbocycles. The number of ether oxygens (including phenoxy) is 1. The van der Waals surface area contributed by atoms with Crippen molar-refractivity contribution < 1.29 is 14.3 Å². The Bertz CT molecular complexity index is 579. The number of carbonyl (C=O) groups is 2. The highest BCUT2D eigenvalue weighted by molar-refractivity contribution is 6.32. The quantitative estimate of drug-likeness (QED) is 0.676. The maximum atomic E-state index is 12.3. The second kappa shape index (κ2) is 7.77. The molecule has 1 aliphatic carbocycles. The molecule has 1 amide bonds. The number of nitrogens with zero attached hydrogens (tertiary/aromatic N) is 1. The van der Waals surface area contributed by atoms with Crippen LogP contribution in [0.4, 0.5) is 0 Å². The summed E-state index contributed by atoms with van der Waals surface area (Å²) in [4.78, 5) is 28.2. The van der Waals surface area contributed by atoms with E-state index in [2.05, 4.69) is 24.1 Å². The molecule has 23 heavy (non-hydrogen) atoms. The molecule has 126 valence electrons. The highest BCUT2D eigenvalue weighted by Gasteiger charge is 2.30. The molecular formula is C17H23ClN2O3. The number of pyridine rings is 1. The van der Waals surface area contributed by atoms with Gasteiger partial charge in [-0.05, 0) is 37.3 Å². The molecule has 1 aromatic rings. The molecule has 1 N–H and O–H groups in total. The first-order chi connectivity index (χ1) is 10.9. The largest absolute Gasteiger partial charge is 0.449 e. The van der Waals surface area contributed by atoms with Crippen LogP contribution < -0.4 is 5.32 Å². The lowest BCUT2D eigenvalue weighted by molar-refractivity contribution is -0.130. The minimum Gasteiger partial charge on any atom is -0.449 e. The lowest BCUT2D eigenvalue weighted by Gasteiger charge is -2.35. The van der Waals surface area contributed by atoms with Crippen LogP contribution in [0.3, 0.4) is 0 Å². The topological polar surface area (TPSA) is 68.3 Å². The third kappa shape index (κ3) is 4.44. The first-order valence-corrected chi connectivity index (χ1v) is 8.39.